The molecule has 22 heavy (non-hydrogen) atoms. The summed E-state index contributed by atoms with van der Waals surface area (Å²) < 4.78 is 0. The molecule has 1 heterocycles. The number of hydrogen-bond acceptors (Lipinski definition) is 3. The quantitative estimate of drug-likeness (QED) is 0.890. The summed E-state index contributed by atoms with van der Waals surface area (Å²) >= 11 is 1.72. The minimum Gasteiger partial charge on any atom is -0.478 e. The maximum atomic E-state index is 12.2. The SMILES string of the molecule is Cc1ccsc1C1CC1C(=O)NCc1ccc(C(=O)O)cc1. The minimum absolute atomic E-state index is 0.0793. The molecule has 1 fully saturated rings. The van der Waals surface area contributed by atoms with Crippen LogP contribution in [-0.4, -0.2) is 17.0 Å². The Morgan fingerprint density at radius 3 is 2.59 bits per heavy atom. The number of carbonyl (C=O) groups is 2. The Labute approximate surface area is 132 Å². The number of nitrogens with one attached hydrogen (secondary N) is 1. The highest BCUT2D eigenvalue weighted by atomic mass is 32.1. The number of carboxylic acid groups (broad SMARTS) is 1. The number of aryl methyl sites for hydroxylation is 1. The van der Waals surface area contributed by atoms with Gasteiger partial charge < -0.3 is 10.4 Å². The minimum atomic E-state index is -0.942. The van der Waals surface area contributed by atoms with Gasteiger partial charge >= 0.3 is 5.97 Å². The molecule has 0 aliphatic heterocycles. The molecule has 2 aromatic rings. The van der Waals surface area contributed by atoms with Crippen LogP contribution in [0.2, 0.25) is 0 Å². The third kappa shape index (κ3) is 3.04. The zero-order chi connectivity index (χ0) is 15.7. The van der Waals surface area contributed by atoms with Crippen molar-refractivity contribution in [2.45, 2.75) is 25.8 Å². The fourth-order valence-electron chi connectivity index (χ4n) is 2.62. The van der Waals surface area contributed by atoms with Crippen LogP contribution in [0, 0.1) is 12.8 Å². The number of thiophene rings is 1. The highest BCUT2D eigenvalue weighted by Gasteiger charge is 2.45. The van der Waals surface area contributed by atoms with Crippen molar-refractivity contribution in [2.24, 2.45) is 5.92 Å². The van der Waals surface area contributed by atoms with Gasteiger partial charge in [-0.3, -0.25) is 4.79 Å². The molecule has 5 heteroatoms. The molecule has 114 valence electrons. The Balaban J connectivity index is 1.53. The number of benzene rings is 1. The van der Waals surface area contributed by atoms with Crippen LogP contribution in [0.25, 0.3) is 0 Å². The molecule has 1 aliphatic rings. The lowest BCUT2D eigenvalue weighted by molar-refractivity contribution is -0.122. The summed E-state index contributed by atoms with van der Waals surface area (Å²) in [6, 6.07) is 8.67. The van der Waals surface area contributed by atoms with Gasteiger partial charge in [0, 0.05) is 23.3 Å². The zero-order valence-electron chi connectivity index (χ0n) is 12.2. The molecule has 1 saturated carbocycles. The Bertz CT molecular complexity index is 705. The van der Waals surface area contributed by atoms with Crippen molar-refractivity contribution in [1.29, 1.82) is 0 Å². The van der Waals surface area contributed by atoms with E-state index in [1.807, 2.05) is 0 Å². The summed E-state index contributed by atoms with van der Waals surface area (Å²) in [6.07, 6.45) is 0.922. The molecule has 0 bridgehead atoms. The normalized spacial score (nSPS) is 19.7. The van der Waals surface area contributed by atoms with Crippen molar-refractivity contribution in [1.82, 2.24) is 5.32 Å². The van der Waals surface area contributed by atoms with Crippen LogP contribution in [-0.2, 0) is 11.3 Å². The third-order valence-electron chi connectivity index (χ3n) is 4.03. The fourth-order valence-corrected chi connectivity index (χ4v) is 3.73. The van der Waals surface area contributed by atoms with Crippen LogP contribution >= 0.6 is 11.3 Å². The number of rotatable bonds is 5. The van der Waals surface area contributed by atoms with Gasteiger partial charge in [0.2, 0.25) is 5.91 Å². The predicted octanol–water partition coefficient (Wildman–Crippen LogP) is 3.17. The second-order valence-electron chi connectivity index (χ2n) is 5.64. The maximum Gasteiger partial charge on any atom is 0.335 e. The Morgan fingerprint density at radius 2 is 2.00 bits per heavy atom. The van der Waals surface area contributed by atoms with Gasteiger partial charge in [0.1, 0.15) is 0 Å². The van der Waals surface area contributed by atoms with Gasteiger partial charge in [-0.15, -0.1) is 11.3 Å². The first-order chi connectivity index (χ1) is 10.6. The van der Waals surface area contributed by atoms with Gasteiger partial charge in [0.15, 0.2) is 0 Å². The van der Waals surface area contributed by atoms with E-state index >= 15 is 0 Å². The fraction of sp³-hybridized carbons (Fsp3) is 0.294. The number of amides is 1. The number of carbonyl (C=O) groups excluding carboxylic acids is 1. The highest BCUT2D eigenvalue weighted by Crippen LogP contribution is 2.50. The molecular formula is C17H17NO3S. The molecule has 2 atom stereocenters. The van der Waals surface area contributed by atoms with Crippen molar-refractivity contribution in [3.63, 3.8) is 0 Å². The Kier molecular flexibility index (Phi) is 3.98. The molecule has 1 aromatic carbocycles. The standard InChI is InChI=1S/C17H17NO3S/c1-10-6-7-22-15(10)13-8-14(13)16(19)18-9-11-2-4-12(5-3-11)17(20)21/h2-7,13-14H,8-9H2,1H3,(H,18,19)(H,20,21). The maximum absolute atomic E-state index is 12.2. The number of hydrogen-bond donors (Lipinski definition) is 2. The summed E-state index contributed by atoms with van der Waals surface area (Å²) in [5, 5.41) is 13.9. The van der Waals surface area contributed by atoms with Gasteiger partial charge in [0.25, 0.3) is 0 Å². The average Bonchev–Trinajstić information content (AvgIpc) is 3.19. The first-order valence-electron chi connectivity index (χ1n) is 7.20. The smallest absolute Gasteiger partial charge is 0.335 e. The van der Waals surface area contributed by atoms with E-state index < -0.39 is 5.97 Å². The van der Waals surface area contributed by atoms with Gasteiger partial charge in [-0.1, -0.05) is 12.1 Å². The van der Waals surface area contributed by atoms with Crippen LogP contribution in [0.3, 0.4) is 0 Å². The van der Waals surface area contributed by atoms with Crippen LogP contribution in [0.4, 0.5) is 0 Å². The van der Waals surface area contributed by atoms with Crippen LogP contribution in [0.5, 0.6) is 0 Å². The van der Waals surface area contributed by atoms with Crippen molar-refractivity contribution in [3.8, 4) is 0 Å². The molecule has 1 aliphatic carbocycles. The first-order valence-corrected chi connectivity index (χ1v) is 8.08. The van der Waals surface area contributed by atoms with E-state index in [0.717, 1.165) is 12.0 Å². The van der Waals surface area contributed by atoms with Crippen LogP contribution in [0.15, 0.2) is 35.7 Å². The van der Waals surface area contributed by atoms with Gasteiger partial charge in [-0.05, 0) is 48.1 Å². The van der Waals surface area contributed by atoms with Crippen LogP contribution < -0.4 is 5.32 Å². The lowest BCUT2D eigenvalue weighted by Crippen LogP contribution is -2.24. The lowest BCUT2D eigenvalue weighted by Gasteiger charge is -2.05. The molecule has 2 unspecified atom stereocenters. The van der Waals surface area contributed by atoms with E-state index in [2.05, 4.69) is 23.7 Å². The summed E-state index contributed by atoms with van der Waals surface area (Å²) in [7, 11) is 0. The second-order valence-corrected chi connectivity index (χ2v) is 6.58. The van der Waals surface area contributed by atoms with E-state index in [-0.39, 0.29) is 17.4 Å². The Morgan fingerprint density at radius 1 is 1.27 bits per heavy atom. The molecule has 0 saturated heterocycles. The molecular weight excluding hydrogens is 298 g/mol. The molecule has 4 nitrogen and oxygen atoms in total. The molecule has 1 aromatic heterocycles. The lowest BCUT2D eigenvalue weighted by atomic mass is 10.1. The molecule has 3 rings (SSSR count). The predicted molar refractivity (Wildman–Crippen MR) is 85.2 cm³/mol. The highest BCUT2D eigenvalue weighted by molar-refractivity contribution is 7.10. The van der Waals surface area contributed by atoms with E-state index in [9.17, 15) is 9.59 Å². The molecule has 2 N–H and O–H groups in total. The average molecular weight is 315 g/mol. The zero-order valence-corrected chi connectivity index (χ0v) is 13.0. The van der Waals surface area contributed by atoms with Gasteiger partial charge in [-0.25, -0.2) is 4.79 Å². The third-order valence-corrected chi connectivity index (χ3v) is 5.18. The number of carboxylic acids is 1. The van der Waals surface area contributed by atoms with E-state index in [0.29, 0.717) is 12.5 Å². The van der Waals surface area contributed by atoms with Crippen molar-refractivity contribution < 1.29 is 14.7 Å². The van der Waals surface area contributed by atoms with Gasteiger partial charge in [0.05, 0.1) is 5.56 Å². The summed E-state index contributed by atoms with van der Waals surface area (Å²) in [5.74, 6) is -0.409. The van der Waals surface area contributed by atoms with Crippen molar-refractivity contribution in [3.05, 3.63) is 57.3 Å². The Hall–Kier alpha value is -2.14. The van der Waals surface area contributed by atoms with E-state index in [1.54, 1.807) is 35.6 Å². The van der Waals surface area contributed by atoms with E-state index in [1.165, 1.54) is 10.4 Å². The van der Waals surface area contributed by atoms with Crippen molar-refractivity contribution >= 4 is 23.2 Å². The topological polar surface area (TPSA) is 66.4 Å². The summed E-state index contributed by atoms with van der Waals surface area (Å²) in [4.78, 5) is 24.3. The second kappa shape index (κ2) is 5.93. The molecule has 0 radical (unpaired) electrons. The van der Waals surface area contributed by atoms with Crippen LogP contribution in [0.1, 0.15) is 38.7 Å². The monoisotopic (exact) mass is 315 g/mol. The van der Waals surface area contributed by atoms with Crippen molar-refractivity contribution in [2.75, 3.05) is 0 Å². The van der Waals surface area contributed by atoms with Gasteiger partial charge in [-0.2, -0.15) is 0 Å². The first kappa shape index (κ1) is 14.8. The van der Waals surface area contributed by atoms with E-state index in [4.69, 9.17) is 5.11 Å². The summed E-state index contributed by atoms with van der Waals surface area (Å²) in [6.45, 7) is 2.52. The largest absolute Gasteiger partial charge is 0.478 e. The number of aromatic carboxylic acids is 1. The molecule has 1 amide bonds. The summed E-state index contributed by atoms with van der Waals surface area (Å²) in [5.41, 5.74) is 2.43. The molecule has 0 spiro atoms.